The van der Waals surface area contributed by atoms with Gasteiger partial charge in [0, 0.05) is 41.5 Å². The summed E-state index contributed by atoms with van der Waals surface area (Å²) in [6, 6.07) is 15.2. The monoisotopic (exact) mass is 414 g/mol. The second-order valence-electron chi connectivity index (χ2n) is 7.91. The molecule has 0 spiro atoms. The topological polar surface area (TPSA) is 84.0 Å². The molecule has 0 atom stereocenters. The summed E-state index contributed by atoms with van der Waals surface area (Å²) in [7, 11) is 0. The standard InChI is InChI=1S/C25H26N4O2/c1-17-14-24(27-16-26-17)28-21-8-10-22(11-9-21)29-25(31)13-12-23(30)20-7-6-18-4-2-3-5-19(18)15-20/h6-11,14-16H,2-5,12-13H2,1H3,(H,29,31)(H,26,27,28). The van der Waals surface area contributed by atoms with E-state index in [1.165, 1.54) is 30.3 Å². The Balaban J connectivity index is 1.28. The van der Waals surface area contributed by atoms with Crippen molar-refractivity contribution in [1.82, 2.24) is 9.97 Å². The molecule has 0 bridgehead atoms. The average Bonchev–Trinajstić information content (AvgIpc) is 2.78. The summed E-state index contributed by atoms with van der Waals surface area (Å²) in [6.07, 6.45) is 6.42. The van der Waals surface area contributed by atoms with Crippen molar-refractivity contribution in [3.63, 3.8) is 0 Å². The van der Waals surface area contributed by atoms with E-state index in [-0.39, 0.29) is 24.5 Å². The fourth-order valence-corrected chi connectivity index (χ4v) is 3.81. The molecule has 158 valence electrons. The number of hydrogen-bond acceptors (Lipinski definition) is 5. The summed E-state index contributed by atoms with van der Waals surface area (Å²) in [6.45, 7) is 1.90. The number of nitrogens with one attached hydrogen (secondary N) is 2. The number of ketones is 1. The number of aryl methyl sites for hydroxylation is 3. The molecule has 1 heterocycles. The molecule has 1 aliphatic carbocycles. The van der Waals surface area contributed by atoms with Crippen LogP contribution in [0.5, 0.6) is 0 Å². The van der Waals surface area contributed by atoms with E-state index in [0.717, 1.165) is 24.2 Å². The maximum Gasteiger partial charge on any atom is 0.224 e. The van der Waals surface area contributed by atoms with Gasteiger partial charge in [-0.05, 0) is 74.1 Å². The number of nitrogens with zero attached hydrogens (tertiary/aromatic N) is 2. The molecular weight excluding hydrogens is 388 g/mol. The van der Waals surface area contributed by atoms with Gasteiger partial charge in [0.05, 0.1) is 0 Å². The zero-order chi connectivity index (χ0) is 21.6. The van der Waals surface area contributed by atoms with Crippen LogP contribution < -0.4 is 10.6 Å². The molecule has 31 heavy (non-hydrogen) atoms. The van der Waals surface area contributed by atoms with E-state index in [0.29, 0.717) is 17.1 Å². The quantitative estimate of drug-likeness (QED) is 0.531. The van der Waals surface area contributed by atoms with Crippen molar-refractivity contribution in [1.29, 1.82) is 0 Å². The Kier molecular flexibility index (Phi) is 6.36. The number of hydrogen-bond donors (Lipinski definition) is 2. The lowest BCUT2D eigenvalue weighted by Gasteiger charge is -2.16. The molecule has 1 aliphatic rings. The van der Waals surface area contributed by atoms with Gasteiger partial charge < -0.3 is 10.6 Å². The van der Waals surface area contributed by atoms with Gasteiger partial charge in [0.1, 0.15) is 12.1 Å². The Morgan fingerprint density at radius 2 is 1.61 bits per heavy atom. The number of Topliss-reactive ketones (excluding diaryl/α,β-unsaturated/α-hetero) is 1. The molecule has 6 nitrogen and oxygen atoms in total. The van der Waals surface area contributed by atoms with Gasteiger partial charge in [0.15, 0.2) is 5.78 Å². The minimum atomic E-state index is -0.168. The smallest absolute Gasteiger partial charge is 0.224 e. The molecule has 2 aromatic carbocycles. The van der Waals surface area contributed by atoms with Crippen molar-refractivity contribution >= 4 is 28.9 Å². The van der Waals surface area contributed by atoms with E-state index in [1.54, 1.807) is 0 Å². The van der Waals surface area contributed by atoms with Crippen LogP contribution in [0.1, 0.15) is 52.9 Å². The Hall–Kier alpha value is -3.54. The highest BCUT2D eigenvalue weighted by Crippen LogP contribution is 2.23. The molecular formula is C25H26N4O2. The van der Waals surface area contributed by atoms with Crippen LogP contribution in [0.2, 0.25) is 0 Å². The molecule has 0 saturated carbocycles. The lowest BCUT2D eigenvalue weighted by atomic mass is 9.89. The maximum atomic E-state index is 12.5. The maximum absolute atomic E-state index is 12.5. The predicted molar refractivity (Wildman–Crippen MR) is 122 cm³/mol. The number of aromatic nitrogens is 2. The van der Waals surface area contributed by atoms with Crippen LogP contribution in [0.15, 0.2) is 54.9 Å². The normalized spacial score (nSPS) is 12.7. The third-order valence-corrected chi connectivity index (χ3v) is 5.49. The van der Waals surface area contributed by atoms with Gasteiger partial charge in [-0.2, -0.15) is 0 Å². The number of anilines is 3. The number of carbonyl (C=O) groups is 2. The van der Waals surface area contributed by atoms with Gasteiger partial charge in [-0.1, -0.05) is 12.1 Å². The van der Waals surface area contributed by atoms with Crippen LogP contribution in [-0.2, 0) is 17.6 Å². The van der Waals surface area contributed by atoms with Crippen molar-refractivity contribution in [2.45, 2.75) is 45.4 Å². The van der Waals surface area contributed by atoms with Gasteiger partial charge in [-0.3, -0.25) is 9.59 Å². The largest absolute Gasteiger partial charge is 0.340 e. The Morgan fingerprint density at radius 1 is 0.871 bits per heavy atom. The lowest BCUT2D eigenvalue weighted by Crippen LogP contribution is -2.14. The molecule has 1 amide bonds. The highest BCUT2D eigenvalue weighted by molar-refractivity contribution is 6.00. The molecule has 3 aromatic rings. The van der Waals surface area contributed by atoms with Gasteiger partial charge in [-0.25, -0.2) is 9.97 Å². The number of amides is 1. The lowest BCUT2D eigenvalue weighted by molar-refractivity contribution is -0.116. The molecule has 6 heteroatoms. The fraction of sp³-hybridized carbons (Fsp3) is 0.280. The zero-order valence-corrected chi connectivity index (χ0v) is 17.6. The summed E-state index contributed by atoms with van der Waals surface area (Å²) in [5.74, 6) is 0.562. The van der Waals surface area contributed by atoms with Crippen LogP contribution in [0.3, 0.4) is 0 Å². The number of carbonyl (C=O) groups excluding carboxylic acids is 2. The molecule has 0 fully saturated rings. The van der Waals surface area contributed by atoms with E-state index in [9.17, 15) is 9.59 Å². The molecule has 2 N–H and O–H groups in total. The van der Waals surface area contributed by atoms with Crippen molar-refractivity contribution in [2.24, 2.45) is 0 Å². The first kappa shape index (κ1) is 20.7. The van der Waals surface area contributed by atoms with E-state index in [4.69, 9.17) is 0 Å². The molecule has 1 aromatic heterocycles. The van der Waals surface area contributed by atoms with Crippen molar-refractivity contribution in [3.05, 3.63) is 77.2 Å². The van der Waals surface area contributed by atoms with Crippen molar-refractivity contribution < 1.29 is 9.59 Å². The highest BCUT2D eigenvalue weighted by Gasteiger charge is 2.14. The minimum Gasteiger partial charge on any atom is -0.340 e. The van der Waals surface area contributed by atoms with Crippen LogP contribution in [0.25, 0.3) is 0 Å². The average molecular weight is 415 g/mol. The first-order chi connectivity index (χ1) is 15.1. The molecule has 0 saturated heterocycles. The number of fused-ring (bicyclic) bond motifs is 1. The summed E-state index contributed by atoms with van der Waals surface area (Å²) < 4.78 is 0. The molecule has 0 radical (unpaired) electrons. The third kappa shape index (κ3) is 5.54. The van der Waals surface area contributed by atoms with Crippen molar-refractivity contribution in [3.8, 4) is 0 Å². The van der Waals surface area contributed by atoms with Crippen LogP contribution in [0, 0.1) is 6.92 Å². The first-order valence-corrected chi connectivity index (χ1v) is 10.7. The number of benzene rings is 2. The number of rotatable bonds is 7. The third-order valence-electron chi connectivity index (χ3n) is 5.49. The zero-order valence-electron chi connectivity index (χ0n) is 17.6. The van der Waals surface area contributed by atoms with Gasteiger partial charge >= 0.3 is 0 Å². The second kappa shape index (κ2) is 9.51. The van der Waals surface area contributed by atoms with E-state index >= 15 is 0 Å². The Bertz CT molecular complexity index is 1090. The first-order valence-electron chi connectivity index (χ1n) is 10.7. The van der Waals surface area contributed by atoms with Crippen LogP contribution in [-0.4, -0.2) is 21.7 Å². The second-order valence-corrected chi connectivity index (χ2v) is 7.91. The van der Waals surface area contributed by atoms with E-state index in [1.807, 2.05) is 49.4 Å². The Labute approximate surface area is 182 Å². The molecule has 4 rings (SSSR count). The molecule has 0 aliphatic heterocycles. The highest BCUT2D eigenvalue weighted by atomic mass is 16.2. The van der Waals surface area contributed by atoms with Crippen molar-refractivity contribution in [2.75, 3.05) is 10.6 Å². The Morgan fingerprint density at radius 3 is 2.39 bits per heavy atom. The summed E-state index contributed by atoms with van der Waals surface area (Å²) in [5.41, 5.74) is 5.78. The predicted octanol–water partition coefficient (Wildman–Crippen LogP) is 5.01. The fourth-order valence-electron chi connectivity index (χ4n) is 3.81. The summed E-state index contributed by atoms with van der Waals surface area (Å²) >= 11 is 0. The summed E-state index contributed by atoms with van der Waals surface area (Å²) in [4.78, 5) is 33.1. The summed E-state index contributed by atoms with van der Waals surface area (Å²) in [5, 5.41) is 6.05. The SMILES string of the molecule is Cc1cc(Nc2ccc(NC(=O)CCC(=O)c3ccc4c(c3)CCCC4)cc2)ncn1. The van der Waals surface area contributed by atoms with E-state index < -0.39 is 0 Å². The van der Waals surface area contributed by atoms with Gasteiger partial charge in [0.25, 0.3) is 0 Å². The van der Waals surface area contributed by atoms with Crippen LogP contribution >= 0.6 is 0 Å². The molecule has 0 unspecified atom stereocenters. The van der Waals surface area contributed by atoms with Gasteiger partial charge in [0.2, 0.25) is 5.91 Å². The van der Waals surface area contributed by atoms with Gasteiger partial charge in [-0.15, -0.1) is 0 Å². The minimum absolute atomic E-state index is 0.0169. The van der Waals surface area contributed by atoms with E-state index in [2.05, 4.69) is 26.7 Å². The van der Waals surface area contributed by atoms with Crippen LogP contribution in [0.4, 0.5) is 17.2 Å².